The third-order valence-electron chi connectivity index (χ3n) is 6.55. The van der Waals surface area contributed by atoms with E-state index in [9.17, 15) is 18.0 Å². The van der Waals surface area contributed by atoms with Crippen LogP contribution in [0.4, 0.5) is 0 Å². The molecular weight excluding hydrogens is 448 g/mol. The molecule has 0 saturated heterocycles. The first-order valence-electron chi connectivity index (χ1n) is 12.0. The number of ether oxygens (including phenoxy) is 2. The molecule has 0 unspecified atom stereocenters. The summed E-state index contributed by atoms with van der Waals surface area (Å²) in [5.41, 5.74) is -0.0851. The van der Waals surface area contributed by atoms with Crippen molar-refractivity contribution in [2.45, 2.75) is 77.0 Å². The largest absolute Gasteiger partial charge is 0.462 e. The van der Waals surface area contributed by atoms with Crippen molar-refractivity contribution in [2.24, 2.45) is 11.8 Å². The molecule has 3 rings (SSSR count). The van der Waals surface area contributed by atoms with Crippen LogP contribution in [0.2, 0.25) is 0 Å². The topological polar surface area (TPSA) is 116 Å². The lowest BCUT2D eigenvalue weighted by molar-refractivity contribution is 0.0472. The van der Waals surface area contributed by atoms with Gasteiger partial charge in [0.1, 0.15) is 5.75 Å². The van der Waals surface area contributed by atoms with Crippen LogP contribution in [-0.2, 0) is 19.9 Å². The molecule has 0 aromatic heterocycles. The minimum absolute atomic E-state index is 0.0426. The van der Waals surface area contributed by atoms with Crippen molar-refractivity contribution in [3.63, 3.8) is 0 Å². The molecule has 0 spiro atoms. The molecule has 2 saturated carbocycles. The van der Waals surface area contributed by atoms with Gasteiger partial charge in [0.2, 0.25) is 0 Å². The number of hydrogen-bond acceptors (Lipinski definition) is 7. The highest BCUT2D eigenvalue weighted by atomic mass is 32.3. The minimum atomic E-state index is -4.83. The zero-order valence-electron chi connectivity index (χ0n) is 19.0. The molecule has 184 valence electrons. The Hall–Kier alpha value is -2.13. The second-order valence-electron chi connectivity index (χ2n) is 9.11. The Balaban J connectivity index is 1.61. The van der Waals surface area contributed by atoms with Crippen LogP contribution in [-0.4, -0.2) is 38.1 Å². The Bertz CT molecular complexity index is 845. The van der Waals surface area contributed by atoms with Crippen molar-refractivity contribution in [2.75, 3.05) is 13.2 Å². The lowest BCUT2D eigenvalue weighted by Gasteiger charge is -2.21. The summed E-state index contributed by atoms with van der Waals surface area (Å²) >= 11 is 0. The van der Waals surface area contributed by atoms with Crippen LogP contribution >= 0.6 is 0 Å². The zero-order valence-corrected chi connectivity index (χ0v) is 19.8. The summed E-state index contributed by atoms with van der Waals surface area (Å²) in [6.45, 7) is 0.488. The lowest BCUT2D eigenvalue weighted by atomic mass is 9.87. The van der Waals surface area contributed by atoms with E-state index in [2.05, 4.69) is 4.18 Å². The summed E-state index contributed by atoms with van der Waals surface area (Å²) in [5.74, 6) is -0.671. The quantitative estimate of drug-likeness (QED) is 0.361. The summed E-state index contributed by atoms with van der Waals surface area (Å²) < 4.78 is 46.5. The molecule has 1 aromatic rings. The van der Waals surface area contributed by atoms with Gasteiger partial charge in [0.05, 0.1) is 24.3 Å². The maximum absolute atomic E-state index is 12.6. The van der Waals surface area contributed by atoms with E-state index < -0.39 is 22.3 Å². The average molecular weight is 483 g/mol. The molecule has 0 bridgehead atoms. The molecule has 2 aliphatic rings. The van der Waals surface area contributed by atoms with E-state index in [-0.39, 0.29) is 30.1 Å². The van der Waals surface area contributed by atoms with Gasteiger partial charge >= 0.3 is 22.3 Å². The highest BCUT2D eigenvalue weighted by Gasteiger charge is 2.20. The smallest absolute Gasteiger partial charge is 0.446 e. The number of carbonyl (C=O) groups excluding carboxylic acids is 2. The highest BCUT2D eigenvalue weighted by molar-refractivity contribution is 7.81. The molecule has 1 N–H and O–H groups in total. The van der Waals surface area contributed by atoms with Gasteiger partial charge in [0.15, 0.2) is 0 Å². The molecule has 0 aliphatic heterocycles. The second kappa shape index (κ2) is 12.4. The van der Waals surface area contributed by atoms with Crippen LogP contribution < -0.4 is 4.18 Å². The van der Waals surface area contributed by atoms with Gasteiger partial charge in [-0.15, -0.1) is 0 Å². The highest BCUT2D eigenvalue weighted by Crippen LogP contribution is 2.28. The maximum atomic E-state index is 12.6. The van der Waals surface area contributed by atoms with Crippen molar-refractivity contribution in [1.82, 2.24) is 0 Å². The van der Waals surface area contributed by atoms with Crippen LogP contribution in [0.15, 0.2) is 18.2 Å². The second-order valence-corrected chi connectivity index (χ2v) is 10.1. The molecule has 0 atom stereocenters. The lowest BCUT2D eigenvalue weighted by Crippen LogP contribution is -2.15. The molecule has 2 aliphatic carbocycles. The molecule has 9 heteroatoms. The Morgan fingerprint density at radius 1 is 0.758 bits per heavy atom. The summed E-state index contributed by atoms with van der Waals surface area (Å²) in [6, 6.07) is 3.54. The fourth-order valence-electron chi connectivity index (χ4n) is 4.76. The Morgan fingerprint density at radius 3 is 1.58 bits per heavy atom. The maximum Gasteiger partial charge on any atom is 0.446 e. The SMILES string of the molecule is O=C(OCCC1CCCCC1)c1cc(OS(=O)(=O)O)cc(C(=O)OCCC2CCCCC2)c1. The third-order valence-corrected chi connectivity index (χ3v) is 6.95. The summed E-state index contributed by atoms with van der Waals surface area (Å²) in [5, 5.41) is 0. The number of carbonyl (C=O) groups is 2. The zero-order chi connectivity index (χ0) is 23.7. The van der Waals surface area contributed by atoms with Gasteiger partial charge in [-0.1, -0.05) is 64.2 Å². The Labute approximate surface area is 195 Å². The molecule has 2 fully saturated rings. The number of esters is 2. The molecule has 8 nitrogen and oxygen atoms in total. The van der Waals surface area contributed by atoms with Crippen LogP contribution in [0, 0.1) is 11.8 Å². The van der Waals surface area contributed by atoms with Crippen molar-refractivity contribution in [1.29, 1.82) is 0 Å². The van der Waals surface area contributed by atoms with Crippen LogP contribution in [0.25, 0.3) is 0 Å². The molecule has 0 heterocycles. The van der Waals surface area contributed by atoms with Crippen molar-refractivity contribution < 1.29 is 36.2 Å². The monoisotopic (exact) mass is 482 g/mol. The number of benzene rings is 1. The molecular formula is C24H34O8S. The van der Waals surface area contributed by atoms with Crippen LogP contribution in [0.1, 0.15) is 97.8 Å². The van der Waals surface area contributed by atoms with Gasteiger partial charge in [0.25, 0.3) is 0 Å². The Kier molecular flexibility index (Phi) is 9.55. The summed E-state index contributed by atoms with van der Waals surface area (Å²) in [6.07, 6.45) is 13.3. The van der Waals surface area contributed by atoms with Gasteiger partial charge in [-0.3, -0.25) is 4.55 Å². The van der Waals surface area contributed by atoms with E-state index in [1.54, 1.807) is 0 Å². The fraction of sp³-hybridized carbons (Fsp3) is 0.667. The predicted molar refractivity (Wildman–Crippen MR) is 122 cm³/mol. The predicted octanol–water partition coefficient (Wildman–Crippen LogP) is 5.12. The minimum Gasteiger partial charge on any atom is -0.462 e. The first kappa shape index (κ1) is 25.5. The summed E-state index contributed by atoms with van der Waals surface area (Å²) in [4.78, 5) is 25.1. The third kappa shape index (κ3) is 8.97. The van der Waals surface area contributed by atoms with Crippen molar-refractivity contribution in [3.8, 4) is 5.75 Å². The van der Waals surface area contributed by atoms with E-state index >= 15 is 0 Å². The van der Waals surface area contributed by atoms with E-state index in [0.29, 0.717) is 11.8 Å². The normalized spacial score (nSPS) is 18.0. The number of rotatable bonds is 10. The van der Waals surface area contributed by atoms with E-state index in [1.807, 2.05) is 0 Å². The molecule has 0 radical (unpaired) electrons. The van der Waals surface area contributed by atoms with E-state index in [0.717, 1.165) is 50.7 Å². The fourth-order valence-corrected chi connectivity index (χ4v) is 5.10. The van der Waals surface area contributed by atoms with Crippen molar-refractivity contribution >= 4 is 22.3 Å². The van der Waals surface area contributed by atoms with Crippen molar-refractivity contribution in [3.05, 3.63) is 29.3 Å². The van der Waals surface area contributed by atoms with E-state index in [4.69, 9.17) is 14.0 Å². The van der Waals surface area contributed by atoms with Crippen LogP contribution in [0.3, 0.4) is 0 Å². The van der Waals surface area contributed by atoms with Gasteiger partial charge in [-0.05, 0) is 42.9 Å². The molecule has 33 heavy (non-hydrogen) atoms. The first-order valence-corrected chi connectivity index (χ1v) is 13.3. The van der Waals surface area contributed by atoms with E-state index in [1.165, 1.54) is 44.6 Å². The first-order chi connectivity index (χ1) is 15.8. The Morgan fingerprint density at radius 2 is 1.18 bits per heavy atom. The van der Waals surface area contributed by atoms with Gasteiger partial charge in [0, 0.05) is 0 Å². The number of hydrogen-bond donors (Lipinski definition) is 1. The molecule has 1 aromatic carbocycles. The van der Waals surface area contributed by atoms with Gasteiger partial charge in [-0.25, -0.2) is 9.59 Å². The van der Waals surface area contributed by atoms with Gasteiger partial charge < -0.3 is 13.7 Å². The van der Waals surface area contributed by atoms with Crippen LogP contribution in [0.5, 0.6) is 5.75 Å². The van der Waals surface area contributed by atoms with Gasteiger partial charge in [-0.2, -0.15) is 8.42 Å². The summed E-state index contributed by atoms with van der Waals surface area (Å²) in [7, 11) is -4.83. The molecule has 0 amide bonds. The average Bonchev–Trinajstić information content (AvgIpc) is 2.79. The standard InChI is InChI=1S/C24H34O8S/c25-23(30-13-11-18-7-3-1-4-8-18)20-15-21(17-22(16-20)32-33(27,28)29)24(26)31-14-12-19-9-5-2-6-10-19/h15-19H,1-14H2,(H,27,28,29).